The van der Waals surface area contributed by atoms with Crippen molar-refractivity contribution in [2.45, 2.75) is 25.6 Å². The average Bonchev–Trinajstić information content (AvgIpc) is 3.57. The van der Waals surface area contributed by atoms with Crippen LogP contribution in [-0.4, -0.2) is 57.4 Å². The Morgan fingerprint density at radius 1 is 0.867 bits per heavy atom. The highest BCUT2D eigenvalue weighted by atomic mass is 16.6. The fraction of sp³-hybridized carbons (Fsp3) is 0.257. The lowest BCUT2D eigenvalue weighted by Gasteiger charge is -2.29. The summed E-state index contributed by atoms with van der Waals surface area (Å²) in [5.41, 5.74) is 10.2. The first-order valence-electron chi connectivity index (χ1n) is 14.7. The zero-order chi connectivity index (χ0) is 31.8. The van der Waals surface area contributed by atoms with Gasteiger partial charge in [-0.3, -0.25) is 9.69 Å². The van der Waals surface area contributed by atoms with Gasteiger partial charge in [0.25, 0.3) is 5.91 Å². The second kappa shape index (κ2) is 14.4. The van der Waals surface area contributed by atoms with Crippen LogP contribution in [0.1, 0.15) is 27.9 Å². The van der Waals surface area contributed by atoms with Crippen LogP contribution in [0.15, 0.2) is 91.0 Å². The highest BCUT2D eigenvalue weighted by Gasteiger charge is 2.32. The van der Waals surface area contributed by atoms with Gasteiger partial charge in [-0.25, -0.2) is 4.79 Å². The molecule has 1 atom stereocenters. The number of methoxy groups -OCH3 is 3. The van der Waals surface area contributed by atoms with Crippen LogP contribution in [0.25, 0.3) is 0 Å². The van der Waals surface area contributed by atoms with E-state index in [1.54, 1.807) is 50.5 Å². The molecule has 1 fully saturated rings. The molecule has 1 aliphatic rings. The number of rotatable bonds is 11. The van der Waals surface area contributed by atoms with Crippen molar-refractivity contribution in [2.24, 2.45) is 0 Å². The number of ether oxygens (including phenoxy) is 4. The molecule has 1 heterocycles. The van der Waals surface area contributed by atoms with Gasteiger partial charge in [-0.15, -0.1) is 0 Å². The number of anilines is 3. The lowest BCUT2D eigenvalue weighted by Crippen LogP contribution is -2.41. The van der Waals surface area contributed by atoms with Gasteiger partial charge in [0, 0.05) is 30.9 Å². The molecule has 1 aliphatic heterocycles. The minimum absolute atomic E-state index is 0.128. The minimum atomic E-state index is -0.411. The molecule has 4 aromatic rings. The van der Waals surface area contributed by atoms with Crippen LogP contribution in [0.5, 0.6) is 17.2 Å². The number of hydrogen-bond acceptors (Lipinski definition) is 8. The normalized spacial score (nSPS) is 14.0. The number of hydrogen-bond donors (Lipinski definition) is 2. The average molecular weight is 611 g/mol. The first-order chi connectivity index (χ1) is 21.9. The van der Waals surface area contributed by atoms with Crippen LogP contribution >= 0.6 is 0 Å². The molecule has 2 amide bonds. The number of carbonyl (C=O) groups is 2. The van der Waals surface area contributed by atoms with Crippen molar-refractivity contribution in [3.05, 3.63) is 108 Å². The number of carbonyl (C=O) groups excluding carboxylic acids is 2. The van der Waals surface area contributed by atoms with E-state index in [1.807, 2.05) is 66.7 Å². The Kier molecular flexibility index (Phi) is 9.93. The number of nitrogens with two attached hydrogens (primary N) is 1. The maximum atomic E-state index is 13.6. The second-order valence-electron chi connectivity index (χ2n) is 10.7. The predicted molar refractivity (Wildman–Crippen MR) is 174 cm³/mol. The minimum Gasteiger partial charge on any atom is -0.493 e. The molecule has 0 aliphatic carbocycles. The molecule has 1 saturated heterocycles. The van der Waals surface area contributed by atoms with Gasteiger partial charge in [-0.2, -0.15) is 0 Å². The summed E-state index contributed by atoms with van der Waals surface area (Å²) in [5.74, 6) is 1.27. The van der Waals surface area contributed by atoms with E-state index in [9.17, 15) is 9.59 Å². The summed E-state index contributed by atoms with van der Waals surface area (Å²) in [6, 6.07) is 27.7. The molecule has 0 spiro atoms. The molecule has 0 bridgehead atoms. The SMILES string of the molecule is COc1cc(CN(C(=O)OCc2ccccc2)C2CCN(c3ccc(C(=O)Nc4ccccc4N)cc3)C2)cc(OC)c1OC. The van der Waals surface area contributed by atoms with Crippen molar-refractivity contribution < 1.29 is 28.5 Å². The van der Waals surface area contributed by atoms with Gasteiger partial charge in [0.2, 0.25) is 5.75 Å². The smallest absolute Gasteiger partial charge is 0.410 e. The molecule has 5 rings (SSSR count). The summed E-state index contributed by atoms with van der Waals surface area (Å²) in [7, 11) is 4.68. The zero-order valence-corrected chi connectivity index (χ0v) is 25.7. The zero-order valence-electron chi connectivity index (χ0n) is 25.7. The van der Waals surface area contributed by atoms with Crippen molar-refractivity contribution in [2.75, 3.05) is 50.4 Å². The van der Waals surface area contributed by atoms with Crippen LogP contribution in [0.2, 0.25) is 0 Å². The summed E-state index contributed by atoms with van der Waals surface area (Å²) in [6.45, 7) is 1.77. The first-order valence-corrected chi connectivity index (χ1v) is 14.7. The van der Waals surface area contributed by atoms with Gasteiger partial charge in [-0.05, 0) is 66.1 Å². The molecule has 4 aromatic carbocycles. The fourth-order valence-corrected chi connectivity index (χ4v) is 5.43. The summed E-state index contributed by atoms with van der Waals surface area (Å²) in [4.78, 5) is 30.4. The summed E-state index contributed by atoms with van der Waals surface area (Å²) in [6.07, 6.45) is 0.326. The maximum Gasteiger partial charge on any atom is 0.410 e. The highest BCUT2D eigenvalue weighted by molar-refractivity contribution is 6.05. The van der Waals surface area contributed by atoms with Crippen LogP contribution in [0.4, 0.5) is 21.9 Å². The third kappa shape index (κ3) is 7.41. The van der Waals surface area contributed by atoms with Crippen LogP contribution in [-0.2, 0) is 17.9 Å². The molecular formula is C35H38N4O6. The van der Waals surface area contributed by atoms with Crippen LogP contribution in [0.3, 0.4) is 0 Å². The van der Waals surface area contributed by atoms with Crippen LogP contribution in [0, 0.1) is 0 Å². The van der Waals surface area contributed by atoms with E-state index in [2.05, 4.69) is 10.2 Å². The number of nitrogen functional groups attached to an aromatic ring is 1. The molecule has 1 unspecified atom stereocenters. The number of benzene rings is 4. The van der Waals surface area contributed by atoms with Crippen molar-refractivity contribution in [1.29, 1.82) is 0 Å². The van der Waals surface area contributed by atoms with E-state index in [-0.39, 0.29) is 25.1 Å². The summed E-state index contributed by atoms with van der Waals surface area (Å²) in [5, 5.41) is 2.86. The number of nitrogens with zero attached hydrogens (tertiary/aromatic N) is 2. The number of para-hydroxylation sites is 2. The predicted octanol–water partition coefficient (Wildman–Crippen LogP) is 5.96. The van der Waals surface area contributed by atoms with Crippen molar-refractivity contribution in [3.63, 3.8) is 0 Å². The van der Waals surface area contributed by atoms with Gasteiger partial charge in [0.15, 0.2) is 11.5 Å². The van der Waals surface area contributed by atoms with Crippen molar-refractivity contribution in [3.8, 4) is 17.2 Å². The van der Waals surface area contributed by atoms with Crippen molar-refractivity contribution >= 4 is 29.1 Å². The molecular weight excluding hydrogens is 572 g/mol. The third-order valence-electron chi connectivity index (χ3n) is 7.82. The molecule has 0 radical (unpaired) electrons. The van der Waals surface area contributed by atoms with Gasteiger partial charge in [0.05, 0.1) is 38.7 Å². The van der Waals surface area contributed by atoms with E-state index in [1.165, 1.54) is 0 Å². The third-order valence-corrected chi connectivity index (χ3v) is 7.82. The Morgan fingerprint density at radius 2 is 1.53 bits per heavy atom. The number of amides is 2. The molecule has 234 valence electrons. The van der Waals surface area contributed by atoms with Gasteiger partial charge < -0.3 is 34.9 Å². The molecule has 0 aromatic heterocycles. The molecule has 45 heavy (non-hydrogen) atoms. The maximum absolute atomic E-state index is 13.6. The Balaban J connectivity index is 1.32. The highest BCUT2D eigenvalue weighted by Crippen LogP contribution is 2.39. The molecule has 10 nitrogen and oxygen atoms in total. The van der Waals surface area contributed by atoms with E-state index in [0.29, 0.717) is 40.7 Å². The van der Waals surface area contributed by atoms with Crippen LogP contribution < -0.4 is 30.2 Å². The second-order valence-corrected chi connectivity index (χ2v) is 10.7. The lowest BCUT2D eigenvalue weighted by molar-refractivity contribution is 0.0802. The Morgan fingerprint density at radius 3 is 2.18 bits per heavy atom. The lowest BCUT2D eigenvalue weighted by atomic mass is 10.1. The van der Waals surface area contributed by atoms with E-state index < -0.39 is 6.09 Å². The van der Waals surface area contributed by atoms with E-state index in [0.717, 1.165) is 29.8 Å². The standard InChI is InChI=1S/C35H38N4O6/c1-42-31-19-25(20-32(43-2)33(31)44-3)21-39(35(41)45-23-24-9-5-4-6-10-24)28-17-18-38(22-28)27-15-13-26(14-16-27)34(40)37-30-12-8-7-11-29(30)36/h4-16,19-20,28H,17-18,21-23,36H2,1-3H3,(H,37,40). The van der Waals surface area contributed by atoms with E-state index >= 15 is 0 Å². The summed E-state index contributed by atoms with van der Waals surface area (Å²) >= 11 is 0. The first kappa shape index (κ1) is 31.1. The monoisotopic (exact) mass is 610 g/mol. The largest absolute Gasteiger partial charge is 0.493 e. The molecule has 0 saturated carbocycles. The topological polar surface area (TPSA) is 116 Å². The van der Waals surface area contributed by atoms with Crippen molar-refractivity contribution in [1.82, 2.24) is 4.90 Å². The Labute approximate surface area is 263 Å². The van der Waals surface area contributed by atoms with Gasteiger partial charge >= 0.3 is 6.09 Å². The van der Waals surface area contributed by atoms with Gasteiger partial charge in [0.1, 0.15) is 6.61 Å². The summed E-state index contributed by atoms with van der Waals surface area (Å²) < 4.78 is 22.4. The quantitative estimate of drug-likeness (QED) is 0.200. The Bertz CT molecular complexity index is 1590. The molecule has 10 heteroatoms. The number of nitrogens with one attached hydrogen (secondary N) is 1. The molecule has 3 N–H and O–H groups in total. The van der Waals surface area contributed by atoms with Gasteiger partial charge in [-0.1, -0.05) is 42.5 Å². The fourth-order valence-electron chi connectivity index (χ4n) is 5.43. The van der Waals surface area contributed by atoms with E-state index in [4.69, 9.17) is 24.7 Å². The Hall–Kier alpha value is -5.38.